The van der Waals surface area contributed by atoms with E-state index in [0.717, 1.165) is 35.1 Å². The van der Waals surface area contributed by atoms with Crippen LogP contribution in [0.15, 0.2) is 77.9 Å². The molecule has 0 bridgehead atoms. The van der Waals surface area contributed by atoms with Gasteiger partial charge in [-0.3, -0.25) is 14.0 Å². The molecule has 0 spiro atoms. The van der Waals surface area contributed by atoms with Gasteiger partial charge in [-0.05, 0) is 63.8 Å². The SMILES string of the molecule is COc1nc(-c2cccc(-c3cccc(-c4ccn5c(=O)c(CN(C[C@@H]6CCC(=O)N6)C(=O)OC(C)(C)C)cnc5c4)c3Cl)c2Cl)ccc1CNC1CC(O)C1. The standard InChI is InChI=1S/C42H44Cl2N6O6/c1-42(2,3)56-41(54)49(23-27-12-14-36(52)47-27)22-26-21-46-35-17-24(15-16-50(35)40(26)53)30-7-5-8-31(37(30)43)32-9-6-10-33(38(32)44)34-13-11-25(39(48-34)55-4)20-45-28-18-29(51)19-28/h5-11,13,15-17,21,27-29,45,51H,12,14,18-20,22-23H2,1-4H3,(H,47,52)/t27-,28?,29?/m0/s1. The van der Waals surface area contributed by atoms with Gasteiger partial charge in [0.25, 0.3) is 5.56 Å². The van der Waals surface area contributed by atoms with E-state index in [0.29, 0.717) is 63.3 Å². The Labute approximate surface area is 334 Å². The van der Waals surface area contributed by atoms with E-state index < -0.39 is 11.7 Å². The van der Waals surface area contributed by atoms with Crippen molar-refractivity contribution in [3.05, 3.63) is 105 Å². The minimum absolute atomic E-state index is 0.0403. The first-order valence-electron chi connectivity index (χ1n) is 18.6. The molecular formula is C42H44Cl2N6O6. The van der Waals surface area contributed by atoms with Gasteiger partial charge in [0.05, 0.1) is 41.1 Å². The van der Waals surface area contributed by atoms with Crippen molar-refractivity contribution in [3.63, 3.8) is 0 Å². The highest BCUT2D eigenvalue weighted by Gasteiger charge is 2.30. The summed E-state index contributed by atoms with van der Waals surface area (Å²) in [6.45, 7) is 6.05. The molecule has 1 atom stereocenters. The van der Waals surface area contributed by atoms with Gasteiger partial charge in [0.2, 0.25) is 11.8 Å². The van der Waals surface area contributed by atoms with Gasteiger partial charge in [-0.2, -0.15) is 0 Å². The highest BCUT2D eigenvalue weighted by Crippen LogP contribution is 2.42. The first-order valence-corrected chi connectivity index (χ1v) is 19.3. The number of nitrogens with one attached hydrogen (secondary N) is 2. The lowest BCUT2D eigenvalue weighted by atomic mass is 9.89. The van der Waals surface area contributed by atoms with Crippen LogP contribution in [-0.2, 0) is 22.6 Å². The zero-order chi connectivity index (χ0) is 39.7. The molecule has 2 fully saturated rings. The number of rotatable bonds is 11. The Morgan fingerprint density at radius 1 is 1.00 bits per heavy atom. The monoisotopic (exact) mass is 798 g/mol. The van der Waals surface area contributed by atoms with E-state index in [1.165, 1.54) is 15.5 Å². The summed E-state index contributed by atoms with van der Waals surface area (Å²) >= 11 is 14.2. The number of amides is 2. The molecule has 2 aliphatic rings. The molecule has 2 aromatic carbocycles. The Hall–Kier alpha value is -5.01. The highest BCUT2D eigenvalue weighted by molar-refractivity contribution is 6.39. The lowest BCUT2D eigenvalue weighted by Crippen LogP contribution is -2.44. The minimum Gasteiger partial charge on any atom is -0.481 e. The third-order valence-electron chi connectivity index (χ3n) is 10.0. The largest absolute Gasteiger partial charge is 0.481 e. The average molecular weight is 800 g/mol. The molecule has 7 rings (SSSR count). The number of ether oxygens (including phenoxy) is 2. The van der Waals surface area contributed by atoms with Crippen LogP contribution in [0.2, 0.25) is 10.0 Å². The topological polar surface area (TPSA) is 147 Å². The quantitative estimate of drug-likeness (QED) is 0.128. The summed E-state index contributed by atoms with van der Waals surface area (Å²) in [7, 11) is 1.59. The van der Waals surface area contributed by atoms with Crippen molar-refractivity contribution in [1.29, 1.82) is 0 Å². The number of methoxy groups -OCH3 is 1. The normalized spacial score (nSPS) is 18.1. The van der Waals surface area contributed by atoms with Crippen molar-refractivity contribution in [2.45, 2.75) is 83.3 Å². The van der Waals surface area contributed by atoms with Gasteiger partial charge in [-0.1, -0.05) is 65.7 Å². The van der Waals surface area contributed by atoms with Gasteiger partial charge < -0.3 is 30.1 Å². The molecule has 14 heteroatoms. The molecule has 0 radical (unpaired) electrons. The van der Waals surface area contributed by atoms with Crippen LogP contribution in [0.25, 0.3) is 39.2 Å². The van der Waals surface area contributed by atoms with Crippen LogP contribution in [0.4, 0.5) is 4.79 Å². The second-order valence-electron chi connectivity index (χ2n) is 15.3. The van der Waals surface area contributed by atoms with Crippen molar-refractivity contribution in [2.24, 2.45) is 0 Å². The van der Waals surface area contributed by atoms with E-state index in [1.54, 1.807) is 46.2 Å². The highest BCUT2D eigenvalue weighted by atomic mass is 35.5. The van der Waals surface area contributed by atoms with Crippen LogP contribution in [-0.4, -0.2) is 73.8 Å². The zero-order valence-electron chi connectivity index (χ0n) is 31.6. The Kier molecular flexibility index (Phi) is 11.4. The molecule has 0 unspecified atom stereocenters. The fraction of sp³-hybridized carbons (Fsp3) is 0.357. The van der Waals surface area contributed by atoms with Gasteiger partial charge in [0.1, 0.15) is 11.2 Å². The average Bonchev–Trinajstić information content (AvgIpc) is 3.57. The number of halogens is 2. The molecule has 1 aliphatic carbocycles. The van der Waals surface area contributed by atoms with Crippen molar-refractivity contribution in [3.8, 4) is 39.4 Å². The number of aliphatic hydroxyl groups is 1. The van der Waals surface area contributed by atoms with Crippen molar-refractivity contribution >= 4 is 40.8 Å². The van der Waals surface area contributed by atoms with Gasteiger partial charge >= 0.3 is 6.09 Å². The van der Waals surface area contributed by atoms with Gasteiger partial charge in [-0.15, -0.1) is 0 Å². The maximum absolute atomic E-state index is 13.8. The predicted octanol–water partition coefficient (Wildman–Crippen LogP) is 7.03. The number of hydrogen-bond acceptors (Lipinski definition) is 9. The Balaban J connectivity index is 1.14. The number of fused-ring (bicyclic) bond motifs is 1. The summed E-state index contributed by atoms with van der Waals surface area (Å²) in [5.74, 6) is 0.423. The van der Waals surface area contributed by atoms with Crippen LogP contribution in [0.5, 0.6) is 5.88 Å². The molecule has 12 nitrogen and oxygen atoms in total. The minimum atomic E-state index is -0.745. The first-order chi connectivity index (χ1) is 26.8. The van der Waals surface area contributed by atoms with Gasteiger partial charge in [-0.25, -0.2) is 14.8 Å². The summed E-state index contributed by atoms with van der Waals surface area (Å²) < 4.78 is 12.7. The summed E-state index contributed by atoms with van der Waals surface area (Å²) in [6, 6.07) is 18.9. The van der Waals surface area contributed by atoms with Crippen molar-refractivity contribution < 1.29 is 24.2 Å². The van der Waals surface area contributed by atoms with Crippen LogP contribution >= 0.6 is 23.2 Å². The second-order valence-corrected chi connectivity index (χ2v) is 16.1. The summed E-state index contributed by atoms with van der Waals surface area (Å²) in [4.78, 5) is 49.6. The third-order valence-corrected chi connectivity index (χ3v) is 10.8. The lowest BCUT2D eigenvalue weighted by molar-refractivity contribution is -0.119. The fourth-order valence-corrected chi connectivity index (χ4v) is 7.71. The van der Waals surface area contributed by atoms with Crippen LogP contribution in [0, 0.1) is 0 Å². The number of carbonyl (C=O) groups excluding carboxylic acids is 2. The van der Waals surface area contributed by atoms with Crippen molar-refractivity contribution in [1.82, 2.24) is 29.9 Å². The molecule has 56 heavy (non-hydrogen) atoms. The van der Waals surface area contributed by atoms with Crippen LogP contribution < -0.4 is 20.9 Å². The molecule has 5 aromatic rings. The molecule has 292 valence electrons. The Morgan fingerprint density at radius 2 is 1.70 bits per heavy atom. The number of carbonyl (C=O) groups is 2. The predicted molar refractivity (Wildman–Crippen MR) is 216 cm³/mol. The van der Waals surface area contributed by atoms with E-state index in [-0.39, 0.29) is 42.7 Å². The molecule has 4 heterocycles. The molecule has 1 saturated heterocycles. The second kappa shape index (κ2) is 16.2. The number of aromatic nitrogens is 3. The summed E-state index contributed by atoms with van der Waals surface area (Å²) in [5, 5.41) is 16.9. The zero-order valence-corrected chi connectivity index (χ0v) is 33.2. The fourth-order valence-electron chi connectivity index (χ4n) is 7.05. The molecule has 3 N–H and O–H groups in total. The van der Waals surface area contributed by atoms with Gasteiger partial charge in [0.15, 0.2) is 0 Å². The number of aliphatic hydroxyl groups excluding tert-OH is 1. The third kappa shape index (κ3) is 8.53. The van der Waals surface area contributed by atoms with E-state index in [2.05, 4.69) is 15.6 Å². The van der Waals surface area contributed by atoms with E-state index in [4.69, 9.17) is 37.7 Å². The van der Waals surface area contributed by atoms with Crippen LogP contribution in [0.1, 0.15) is 57.6 Å². The lowest BCUT2D eigenvalue weighted by Gasteiger charge is -2.32. The molecule has 1 aliphatic heterocycles. The molecular weight excluding hydrogens is 755 g/mol. The Bertz CT molecular complexity index is 2360. The number of pyridine rings is 2. The first kappa shape index (κ1) is 39.2. The smallest absolute Gasteiger partial charge is 0.410 e. The van der Waals surface area contributed by atoms with E-state index in [9.17, 15) is 19.5 Å². The summed E-state index contributed by atoms with van der Waals surface area (Å²) in [5.41, 5.74) is 4.78. The number of benzene rings is 2. The Morgan fingerprint density at radius 3 is 2.36 bits per heavy atom. The maximum atomic E-state index is 13.8. The van der Waals surface area contributed by atoms with Gasteiger partial charge in [0, 0.05) is 71.8 Å². The maximum Gasteiger partial charge on any atom is 0.410 e. The summed E-state index contributed by atoms with van der Waals surface area (Å²) in [6.07, 6.45) is 4.74. The van der Waals surface area contributed by atoms with E-state index >= 15 is 0 Å². The number of hydrogen-bond donors (Lipinski definition) is 3. The van der Waals surface area contributed by atoms with Crippen LogP contribution in [0.3, 0.4) is 0 Å². The van der Waals surface area contributed by atoms with Crippen molar-refractivity contribution in [2.75, 3.05) is 13.7 Å². The molecule has 3 aromatic heterocycles. The molecule has 1 saturated carbocycles. The number of nitrogens with zero attached hydrogens (tertiary/aromatic N) is 4. The molecule has 2 amide bonds. The van der Waals surface area contributed by atoms with E-state index in [1.807, 2.05) is 48.5 Å².